The second-order valence-electron chi connectivity index (χ2n) is 3.41. The summed E-state index contributed by atoms with van der Waals surface area (Å²) in [4.78, 5) is 21.7. The van der Waals surface area contributed by atoms with Crippen molar-refractivity contribution in [2.24, 2.45) is 0 Å². The van der Waals surface area contributed by atoms with E-state index < -0.39 is 12.1 Å². The molecule has 0 saturated carbocycles. The molecule has 6 nitrogen and oxygen atoms in total. The highest BCUT2D eigenvalue weighted by Gasteiger charge is 2.16. The summed E-state index contributed by atoms with van der Waals surface area (Å²) in [5.41, 5.74) is 0. The van der Waals surface area contributed by atoms with Crippen LogP contribution in [-0.4, -0.2) is 43.4 Å². The van der Waals surface area contributed by atoms with Crippen LogP contribution < -0.4 is 10.6 Å². The number of carboxylic acid groups (broad SMARTS) is 1. The first-order chi connectivity index (χ1) is 7.61. The number of urea groups is 1. The molecule has 0 aliphatic rings. The van der Waals surface area contributed by atoms with Crippen LogP contribution in [0, 0.1) is 0 Å². The molecule has 16 heavy (non-hydrogen) atoms. The molecule has 94 valence electrons. The van der Waals surface area contributed by atoms with E-state index in [4.69, 9.17) is 5.11 Å². The Morgan fingerprint density at radius 2 is 2.00 bits per heavy atom. The van der Waals surface area contributed by atoms with Crippen molar-refractivity contribution in [1.29, 1.82) is 0 Å². The number of carboxylic acids is 1. The minimum Gasteiger partial charge on any atom is -0.479 e. The van der Waals surface area contributed by atoms with Crippen LogP contribution in [-0.2, 0) is 9.53 Å². The monoisotopic (exact) mass is 232 g/mol. The quantitative estimate of drug-likeness (QED) is 0.534. The van der Waals surface area contributed by atoms with Gasteiger partial charge >= 0.3 is 12.0 Å². The van der Waals surface area contributed by atoms with Crippen molar-refractivity contribution in [3.05, 3.63) is 0 Å². The van der Waals surface area contributed by atoms with E-state index in [2.05, 4.69) is 22.3 Å². The molecule has 0 rings (SSSR count). The molecule has 2 amide bonds. The minimum atomic E-state index is -1.09. The number of nitrogens with one attached hydrogen (secondary N) is 2. The van der Waals surface area contributed by atoms with Gasteiger partial charge in [-0.2, -0.15) is 0 Å². The van der Waals surface area contributed by atoms with Gasteiger partial charge in [0.25, 0.3) is 0 Å². The van der Waals surface area contributed by atoms with Crippen molar-refractivity contribution in [3.8, 4) is 0 Å². The smallest absolute Gasteiger partial charge is 0.334 e. The SMILES string of the molecule is CCCCCNC(=O)NCC(OC)C(=O)O. The van der Waals surface area contributed by atoms with Gasteiger partial charge in [-0.15, -0.1) is 0 Å². The number of carbonyl (C=O) groups excluding carboxylic acids is 1. The lowest BCUT2D eigenvalue weighted by Crippen LogP contribution is -2.43. The summed E-state index contributed by atoms with van der Waals surface area (Å²) in [6.07, 6.45) is 2.09. The second kappa shape index (κ2) is 8.96. The molecule has 0 aliphatic heterocycles. The summed E-state index contributed by atoms with van der Waals surface area (Å²) in [6.45, 7) is 2.64. The molecule has 0 bridgehead atoms. The number of unbranched alkanes of at least 4 members (excludes halogenated alkanes) is 2. The molecule has 0 radical (unpaired) electrons. The molecule has 0 aliphatic carbocycles. The fraction of sp³-hybridized carbons (Fsp3) is 0.800. The number of hydrogen-bond donors (Lipinski definition) is 3. The number of amides is 2. The van der Waals surface area contributed by atoms with Gasteiger partial charge < -0.3 is 20.5 Å². The summed E-state index contributed by atoms with van der Waals surface area (Å²) in [5, 5.41) is 13.7. The van der Waals surface area contributed by atoms with E-state index in [1.807, 2.05) is 0 Å². The van der Waals surface area contributed by atoms with Gasteiger partial charge in [0.15, 0.2) is 6.10 Å². The normalized spacial score (nSPS) is 11.9. The predicted molar refractivity (Wildman–Crippen MR) is 59.4 cm³/mol. The Kier molecular flexibility index (Phi) is 8.24. The molecule has 0 aromatic carbocycles. The van der Waals surface area contributed by atoms with Crippen molar-refractivity contribution in [2.75, 3.05) is 20.2 Å². The van der Waals surface area contributed by atoms with Gasteiger partial charge in [-0.1, -0.05) is 19.8 Å². The van der Waals surface area contributed by atoms with Crippen molar-refractivity contribution < 1.29 is 19.4 Å². The zero-order valence-electron chi connectivity index (χ0n) is 9.78. The van der Waals surface area contributed by atoms with Gasteiger partial charge in [-0.3, -0.25) is 0 Å². The molecule has 0 spiro atoms. The molecule has 0 heterocycles. The Morgan fingerprint density at radius 3 is 2.50 bits per heavy atom. The lowest BCUT2D eigenvalue weighted by atomic mass is 10.2. The second-order valence-corrected chi connectivity index (χ2v) is 3.41. The zero-order chi connectivity index (χ0) is 12.4. The lowest BCUT2D eigenvalue weighted by molar-refractivity contribution is -0.147. The zero-order valence-corrected chi connectivity index (χ0v) is 9.78. The van der Waals surface area contributed by atoms with E-state index in [1.165, 1.54) is 7.11 Å². The topological polar surface area (TPSA) is 87.7 Å². The van der Waals surface area contributed by atoms with E-state index in [0.29, 0.717) is 6.54 Å². The van der Waals surface area contributed by atoms with E-state index in [9.17, 15) is 9.59 Å². The number of hydrogen-bond acceptors (Lipinski definition) is 3. The molecule has 0 aromatic heterocycles. The Balaban J connectivity index is 3.59. The Bertz CT molecular complexity index is 221. The molecular formula is C10H20N2O4. The van der Waals surface area contributed by atoms with Crippen LogP contribution in [0.25, 0.3) is 0 Å². The molecule has 0 saturated heterocycles. The van der Waals surface area contributed by atoms with Crippen LogP contribution in [0.15, 0.2) is 0 Å². The largest absolute Gasteiger partial charge is 0.479 e. The maximum Gasteiger partial charge on any atom is 0.334 e. The van der Waals surface area contributed by atoms with Gasteiger partial charge in [0, 0.05) is 13.7 Å². The third kappa shape index (κ3) is 7.05. The Labute approximate surface area is 95.4 Å². The fourth-order valence-electron chi connectivity index (χ4n) is 1.10. The summed E-state index contributed by atoms with van der Waals surface area (Å²) in [5.74, 6) is -1.09. The van der Waals surface area contributed by atoms with Gasteiger partial charge in [-0.05, 0) is 6.42 Å². The third-order valence-electron chi connectivity index (χ3n) is 2.07. The van der Waals surface area contributed by atoms with Gasteiger partial charge in [0.2, 0.25) is 0 Å². The highest BCUT2D eigenvalue weighted by Crippen LogP contribution is 1.91. The van der Waals surface area contributed by atoms with Crippen molar-refractivity contribution in [2.45, 2.75) is 32.3 Å². The van der Waals surface area contributed by atoms with Gasteiger partial charge in [0.05, 0.1) is 6.54 Å². The molecular weight excluding hydrogens is 212 g/mol. The van der Waals surface area contributed by atoms with E-state index >= 15 is 0 Å². The first-order valence-electron chi connectivity index (χ1n) is 5.39. The molecule has 1 atom stereocenters. The van der Waals surface area contributed by atoms with E-state index in [1.54, 1.807) is 0 Å². The molecule has 0 aromatic rings. The van der Waals surface area contributed by atoms with E-state index in [-0.39, 0.29) is 12.6 Å². The summed E-state index contributed by atoms with van der Waals surface area (Å²) >= 11 is 0. The predicted octanol–water partition coefficient (Wildman–Crippen LogP) is 0.575. The molecule has 1 unspecified atom stereocenters. The lowest BCUT2D eigenvalue weighted by Gasteiger charge is -2.12. The molecule has 6 heteroatoms. The van der Waals surface area contributed by atoms with Crippen LogP contribution >= 0.6 is 0 Å². The maximum absolute atomic E-state index is 11.2. The fourth-order valence-corrected chi connectivity index (χ4v) is 1.10. The molecule has 3 N–H and O–H groups in total. The van der Waals surface area contributed by atoms with Gasteiger partial charge in [0.1, 0.15) is 0 Å². The number of methoxy groups -OCH3 is 1. The van der Waals surface area contributed by atoms with Crippen LogP contribution in [0.3, 0.4) is 0 Å². The Hall–Kier alpha value is -1.30. The number of rotatable bonds is 8. The average Bonchev–Trinajstić information content (AvgIpc) is 2.25. The first-order valence-corrected chi connectivity index (χ1v) is 5.39. The number of carbonyl (C=O) groups is 2. The summed E-state index contributed by atoms with van der Waals surface area (Å²) < 4.78 is 4.66. The number of aliphatic carboxylic acids is 1. The average molecular weight is 232 g/mol. The summed E-state index contributed by atoms with van der Waals surface area (Å²) in [6, 6.07) is -0.362. The van der Waals surface area contributed by atoms with Crippen molar-refractivity contribution in [1.82, 2.24) is 10.6 Å². The highest BCUT2D eigenvalue weighted by molar-refractivity contribution is 5.76. The third-order valence-corrected chi connectivity index (χ3v) is 2.07. The van der Waals surface area contributed by atoms with Crippen LogP contribution in [0.5, 0.6) is 0 Å². The Morgan fingerprint density at radius 1 is 1.31 bits per heavy atom. The highest BCUT2D eigenvalue weighted by atomic mass is 16.5. The minimum absolute atomic E-state index is 0.0363. The molecule has 0 fully saturated rings. The van der Waals surface area contributed by atoms with Crippen LogP contribution in [0.4, 0.5) is 4.79 Å². The standard InChI is InChI=1S/C10H20N2O4/c1-3-4-5-6-11-10(15)12-7-8(16-2)9(13)14/h8H,3-7H2,1-2H3,(H,13,14)(H2,11,12,15). The van der Waals surface area contributed by atoms with E-state index in [0.717, 1.165) is 19.3 Å². The number of ether oxygens (including phenoxy) is 1. The van der Waals surface area contributed by atoms with Crippen LogP contribution in [0.2, 0.25) is 0 Å². The van der Waals surface area contributed by atoms with Crippen molar-refractivity contribution >= 4 is 12.0 Å². The van der Waals surface area contributed by atoms with Crippen molar-refractivity contribution in [3.63, 3.8) is 0 Å². The van der Waals surface area contributed by atoms with Crippen LogP contribution in [0.1, 0.15) is 26.2 Å². The maximum atomic E-state index is 11.2. The summed E-state index contributed by atoms with van der Waals surface area (Å²) in [7, 11) is 1.29. The van der Waals surface area contributed by atoms with Gasteiger partial charge in [-0.25, -0.2) is 9.59 Å². The first kappa shape index (κ1) is 14.7.